The van der Waals surface area contributed by atoms with Gasteiger partial charge in [0, 0.05) is 17.0 Å². The van der Waals surface area contributed by atoms with Gasteiger partial charge in [-0.15, -0.1) is 0 Å². The number of fused-ring (bicyclic) bond motifs is 1. The Morgan fingerprint density at radius 1 is 1.56 bits per heavy atom. The zero-order valence-electron chi connectivity index (χ0n) is 10.4. The number of benzene rings is 1. The molecule has 96 valence electrons. The fourth-order valence-corrected chi connectivity index (χ4v) is 2.91. The van der Waals surface area contributed by atoms with Crippen molar-refractivity contribution >= 4 is 39.1 Å². The second-order valence-corrected chi connectivity index (χ2v) is 5.46. The molecule has 2 rings (SSSR count). The molecule has 0 fully saturated rings. The minimum absolute atomic E-state index is 0.0269. The molecular formula is C13H15ClN2OS. The van der Waals surface area contributed by atoms with Gasteiger partial charge in [-0.2, -0.15) is 4.37 Å². The van der Waals surface area contributed by atoms with E-state index in [0.29, 0.717) is 11.6 Å². The van der Waals surface area contributed by atoms with Crippen LogP contribution < -0.4 is 5.32 Å². The summed E-state index contributed by atoms with van der Waals surface area (Å²) in [6, 6.07) is 5.65. The third-order valence-electron chi connectivity index (χ3n) is 2.81. The van der Waals surface area contributed by atoms with Crippen molar-refractivity contribution in [3.8, 4) is 0 Å². The summed E-state index contributed by atoms with van der Waals surface area (Å²) in [6.45, 7) is 4.62. The molecule has 0 spiro atoms. The molecule has 0 radical (unpaired) electrons. The molecule has 18 heavy (non-hydrogen) atoms. The van der Waals surface area contributed by atoms with E-state index >= 15 is 0 Å². The first kappa shape index (κ1) is 13.3. The van der Waals surface area contributed by atoms with Crippen LogP contribution in [0.4, 0.5) is 0 Å². The molecule has 0 aliphatic carbocycles. The zero-order valence-corrected chi connectivity index (χ0v) is 11.9. The van der Waals surface area contributed by atoms with Crippen molar-refractivity contribution in [3.05, 3.63) is 28.9 Å². The molecule has 1 atom stereocenters. The van der Waals surface area contributed by atoms with Gasteiger partial charge in [-0.25, -0.2) is 0 Å². The second kappa shape index (κ2) is 5.67. The van der Waals surface area contributed by atoms with Crippen LogP contribution in [-0.2, 0) is 4.79 Å². The highest BCUT2D eigenvalue weighted by Gasteiger charge is 2.20. The van der Waals surface area contributed by atoms with Gasteiger partial charge in [0.15, 0.2) is 0 Å². The Labute approximate surface area is 115 Å². The maximum atomic E-state index is 11.9. The molecule has 1 amide bonds. The fraction of sp³-hybridized carbons (Fsp3) is 0.385. The van der Waals surface area contributed by atoms with Crippen molar-refractivity contribution in [1.29, 1.82) is 0 Å². The number of amides is 1. The lowest BCUT2D eigenvalue weighted by Gasteiger charge is -2.09. The third-order valence-corrected chi connectivity index (χ3v) is 3.87. The van der Waals surface area contributed by atoms with E-state index < -0.39 is 0 Å². The first-order valence-electron chi connectivity index (χ1n) is 5.96. The molecule has 1 aromatic heterocycles. The number of hydrogen-bond donors (Lipinski definition) is 1. The molecule has 1 N–H and O–H groups in total. The number of rotatable bonds is 4. The summed E-state index contributed by atoms with van der Waals surface area (Å²) in [5.41, 5.74) is 0.834. The Morgan fingerprint density at radius 2 is 2.33 bits per heavy atom. The van der Waals surface area contributed by atoms with Crippen LogP contribution in [0.1, 0.15) is 31.9 Å². The highest BCUT2D eigenvalue weighted by atomic mass is 35.5. The van der Waals surface area contributed by atoms with Crippen LogP contribution in [0.5, 0.6) is 0 Å². The van der Waals surface area contributed by atoms with E-state index in [1.54, 1.807) is 0 Å². The van der Waals surface area contributed by atoms with Crippen LogP contribution in [0.3, 0.4) is 0 Å². The maximum Gasteiger partial charge on any atom is 0.228 e. The molecule has 1 heterocycles. The van der Waals surface area contributed by atoms with Gasteiger partial charge in [0.25, 0.3) is 0 Å². The van der Waals surface area contributed by atoms with Crippen LogP contribution in [0.25, 0.3) is 10.1 Å². The average molecular weight is 283 g/mol. The largest absolute Gasteiger partial charge is 0.356 e. The van der Waals surface area contributed by atoms with Gasteiger partial charge in [-0.3, -0.25) is 4.79 Å². The highest BCUT2D eigenvalue weighted by molar-refractivity contribution is 7.13. The van der Waals surface area contributed by atoms with Crippen LogP contribution in [0.2, 0.25) is 5.02 Å². The summed E-state index contributed by atoms with van der Waals surface area (Å²) in [5.74, 6) is -0.203. The van der Waals surface area contributed by atoms with Gasteiger partial charge >= 0.3 is 0 Å². The molecule has 0 saturated carbocycles. The van der Waals surface area contributed by atoms with Crippen molar-refractivity contribution in [2.45, 2.75) is 26.2 Å². The second-order valence-electron chi connectivity index (χ2n) is 4.22. The summed E-state index contributed by atoms with van der Waals surface area (Å²) in [5, 5.41) is 4.61. The lowest BCUT2D eigenvalue weighted by molar-refractivity contribution is -0.122. The lowest BCUT2D eigenvalue weighted by Crippen LogP contribution is -2.28. The highest BCUT2D eigenvalue weighted by Crippen LogP contribution is 2.30. The maximum absolute atomic E-state index is 11.9. The standard InChI is InChI=1S/C13H15ClN2OS/c1-3-6-15-13(17)8(2)12-10-5-4-9(14)7-11(10)18-16-12/h4-5,7-8H,3,6H2,1-2H3,(H,15,17). The Kier molecular flexibility index (Phi) is 4.19. The Bertz CT molecular complexity index is 567. The molecule has 3 nitrogen and oxygen atoms in total. The van der Waals surface area contributed by atoms with E-state index in [9.17, 15) is 4.79 Å². The fourth-order valence-electron chi connectivity index (χ4n) is 1.77. The van der Waals surface area contributed by atoms with Gasteiger partial charge in [0.2, 0.25) is 5.91 Å². The quantitative estimate of drug-likeness (QED) is 0.931. The summed E-state index contributed by atoms with van der Waals surface area (Å²) >= 11 is 7.32. The first-order chi connectivity index (χ1) is 8.63. The smallest absolute Gasteiger partial charge is 0.228 e. The van der Waals surface area contributed by atoms with Crippen LogP contribution in [0, 0.1) is 0 Å². The summed E-state index contributed by atoms with van der Waals surface area (Å²) < 4.78 is 5.41. The molecule has 5 heteroatoms. The summed E-state index contributed by atoms with van der Waals surface area (Å²) in [6.07, 6.45) is 0.936. The Balaban J connectivity index is 2.28. The number of halogens is 1. The Hall–Kier alpha value is -1.13. The monoisotopic (exact) mass is 282 g/mol. The predicted octanol–water partition coefficient (Wildman–Crippen LogP) is 3.58. The van der Waals surface area contributed by atoms with Gasteiger partial charge in [0.05, 0.1) is 16.3 Å². The van der Waals surface area contributed by atoms with E-state index in [2.05, 4.69) is 9.69 Å². The van der Waals surface area contributed by atoms with Crippen molar-refractivity contribution < 1.29 is 4.79 Å². The van der Waals surface area contributed by atoms with Crippen molar-refractivity contribution in [2.75, 3.05) is 6.54 Å². The van der Waals surface area contributed by atoms with E-state index in [1.807, 2.05) is 32.0 Å². The molecule has 0 saturated heterocycles. The number of hydrogen-bond acceptors (Lipinski definition) is 3. The number of carbonyl (C=O) groups excluding carboxylic acids is 1. The first-order valence-corrected chi connectivity index (χ1v) is 7.11. The van der Waals surface area contributed by atoms with Crippen molar-refractivity contribution in [2.24, 2.45) is 0 Å². The zero-order chi connectivity index (χ0) is 13.1. The third kappa shape index (κ3) is 2.65. The van der Waals surface area contributed by atoms with Gasteiger partial charge in [-0.05, 0) is 37.0 Å². The van der Waals surface area contributed by atoms with Gasteiger partial charge in [0.1, 0.15) is 0 Å². The topological polar surface area (TPSA) is 42.0 Å². The average Bonchev–Trinajstić information content (AvgIpc) is 2.77. The number of nitrogens with zero attached hydrogens (tertiary/aromatic N) is 1. The molecule has 1 aromatic carbocycles. The van der Waals surface area contributed by atoms with E-state index in [4.69, 9.17) is 11.6 Å². The van der Waals surface area contributed by atoms with E-state index in [-0.39, 0.29) is 11.8 Å². The molecule has 0 aliphatic rings. The van der Waals surface area contributed by atoms with E-state index in [1.165, 1.54) is 11.5 Å². The normalized spacial score (nSPS) is 12.6. The molecule has 0 aliphatic heterocycles. The molecule has 2 aromatic rings. The summed E-state index contributed by atoms with van der Waals surface area (Å²) in [7, 11) is 0. The Morgan fingerprint density at radius 3 is 3.06 bits per heavy atom. The van der Waals surface area contributed by atoms with Crippen LogP contribution in [0.15, 0.2) is 18.2 Å². The minimum atomic E-state index is -0.230. The molecular weight excluding hydrogens is 268 g/mol. The SMILES string of the molecule is CCCNC(=O)C(C)c1nsc2cc(Cl)ccc12. The van der Waals surface area contributed by atoms with Crippen LogP contribution in [-0.4, -0.2) is 16.8 Å². The van der Waals surface area contributed by atoms with Crippen molar-refractivity contribution in [3.63, 3.8) is 0 Å². The summed E-state index contributed by atoms with van der Waals surface area (Å²) in [4.78, 5) is 11.9. The molecule has 1 unspecified atom stereocenters. The predicted molar refractivity (Wildman–Crippen MR) is 76.3 cm³/mol. The van der Waals surface area contributed by atoms with Gasteiger partial charge in [-0.1, -0.05) is 24.6 Å². The van der Waals surface area contributed by atoms with Crippen LogP contribution >= 0.6 is 23.1 Å². The minimum Gasteiger partial charge on any atom is -0.356 e. The number of carbonyl (C=O) groups is 1. The lowest BCUT2D eigenvalue weighted by atomic mass is 10.0. The number of aromatic nitrogens is 1. The number of nitrogens with one attached hydrogen (secondary N) is 1. The van der Waals surface area contributed by atoms with Crippen molar-refractivity contribution in [1.82, 2.24) is 9.69 Å². The van der Waals surface area contributed by atoms with Gasteiger partial charge < -0.3 is 5.32 Å². The van der Waals surface area contributed by atoms with E-state index in [0.717, 1.165) is 22.2 Å². The molecule has 0 bridgehead atoms.